The second kappa shape index (κ2) is 5.78. The summed E-state index contributed by atoms with van der Waals surface area (Å²) in [4.78, 5) is 11.9. The minimum Gasteiger partial charge on any atom is -0.438 e. The average molecular weight is 315 g/mol. The third-order valence-electron chi connectivity index (χ3n) is 2.93. The number of amides is 1. The molecule has 1 aliphatic rings. The number of hydrogen-bond acceptors (Lipinski definition) is 5. The predicted molar refractivity (Wildman–Crippen MR) is 77.5 cm³/mol. The highest BCUT2D eigenvalue weighted by atomic mass is 32.2. The van der Waals surface area contributed by atoms with Crippen molar-refractivity contribution in [2.24, 2.45) is 5.92 Å². The molecule has 8 heteroatoms. The number of sulfonamides is 1. The van der Waals surface area contributed by atoms with Crippen molar-refractivity contribution < 1.29 is 17.6 Å². The Kier molecular flexibility index (Phi) is 4.40. The molecule has 1 aromatic rings. The first-order valence-corrected chi connectivity index (χ1v) is 8.28. The standard InChI is InChI=1S/C13H21N3O4S/c1-13(2,3)16-21(18,19)11-5-4-10(20-11)12(17)15-8-9-6-14-7-9/h4-5,9,14,16H,6-8H2,1-3H3,(H,15,17). The van der Waals surface area contributed by atoms with Gasteiger partial charge in [0, 0.05) is 31.1 Å². The van der Waals surface area contributed by atoms with Gasteiger partial charge in [-0.15, -0.1) is 0 Å². The molecule has 0 aliphatic carbocycles. The van der Waals surface area contributed by atoms with E-state index in [0.29, 0.717) is 12.5 Å². The van der Waals surface area contributed by atoms with Crippen molar-refractivity contribution in [3.05, 3.63) is 17.9 Å². The van der Waals surface area contributed by atoms with E-state index < -0.39 is 21.5 Å². The molecule has 1 aromatic heterocycles. The molecule has 118 valence electrons. The van der Waals surface area contributed by atoms with E-state index in [0.717, 1.165) is 13.1 Å². The third-order valence-corrected chi connectivity index (χ3v) is 4.56. The predicted octanol–water partition coefficient (Wildman–Crippen LogP) is 0.306. The Hall–Kier alpha value is -1.38. The van der Waals surface area contributed by atoms with Gasteiger partial charge in [0.15, 0.2) is 5.76 Å². The fourth-order valence-corrected chi connectivity index (χ4v) is 3.21. The lowest BCUT2D eigenvalue weighted by atomic mass is 10.0. The summed E-state index contributed by atoms with van der Waals surface area (Å²) in [6.45, 7) is 7.51. The summed E-state index contributed by atoms with van der Waals surface area (Å²) >= 11 is 0. The lowest BCUT2D eigenvalue weighted by Crippen LogP contribution is -2.48. The van der Waals surface area contributed by atoms with Crippen molar-refractivity contribution >= 4 is 15.9 Å². The zero-order chi connectivity index (χ0) is 15.7. The first-order chi connectivity index (χ1) is 9.67. The molecule has 0 saturated carbocycles. The molecule has 0 spiro atoms. The van der Waals surface area contributed by atoms with E-state index >= 15 is 0 Å². The molecule has 0 bridgehead atoms. The van der Waals surface area contributed by atoms with Crippen molar-refractivity contribution in [1.29, 1.82) is 0 Å². The number of carbonyl (C=O) groups is 1. The maximum atomic E-state index is 12.1. The van der Waals surface area contributed by atoms with Gasteiger partial charge in [0.2, 0.25) is 5.09 Å². The van der Waals surface area contributed by atoms with Crippen LogP contribution in [-0.2, 0) is 10.0 Å². The van der Waals surface area contributed by atoms with Gasteiger partial charge in [-0.1, -0.05) is 0 Å². The molecule has 1 fully saturated rings. The Morgan fingerprint density at radius 3 is 2.57 bits per heavy atom. The van der Waals surface area contributed by atoms with Gasteiger partial charge in [0.1, 0.15) is 0 Å². The molecular formula is C13H21N3O4S. The van der Waals surface area contributed by atoms with E-state index in [1.807, 2.05) is 0 Å². The van der Waals surface area contributed by atoms with Crippen LogP contribution >= 0.6 is 0 Å². The monoisotopic (exact) mass is 315 g/mol. The zero-order valence-corrected chi connectivity index (χ0v) is 13.2. The second-order valence-corrected chi connectivity index (χ2v) is 7.82. The lowest BCUT2D eigenvalue weighted by Gasteiger charge is -2.26. The first-order valence-electron chi connectivity index (χ1n) is 6.80. The fourth-order valence-electron chi connectivity index (χ4n) is 1.86. The van der Waals surface area contributed by atoms with Gasteiger partial charge < -0.3 is 15.1 Å². The van der Waals surface area contributed by atoms with E-state index in [4.69, 9.17) is 4.42 Å². The SMILES string of the molecule is CC(C)(C)NS(=O)(=O)c1ccc(C(=O)NCC2CNC2)o1. The zero-order valence-electron chi connectivity index (χ0n) is 12.4. The number of rotatable bonds is 5. The number of nitrogens with one attached hydrogen (secondary N) is 3. The van der Waals surface area contributed by atoms with Crippen LogP contribution in [0.2, 0.25) is 0 Å². The van der Waals surface area contributed by atoms with E-state index in [1.54, 1.807) is 20.8 Å². The van der Waals surface area contributed by atoms with Crippen LogP contribution < -0.4 is 15.4 Å². The highest BCUT2D eigenvalue weighted by molar-refractivity contribution is 7.89. The normalized spacial score (nSPS) is 16.5. The first kappa shape index (κ1) is 16.0. The summed E-state index contributed by atoms with van der Waals surface area (Å²) in [6, 6.07) is 2.65. The van der Waals surface area contributed by atoms with Gasteiger partial charge in [-0.25, -0.2) is 13.1 Å². The molecule has 3 N–H and O–H groups in total. The maximum absolute atomic E-state index is 12.1. The molecule has 2 heterocycles. The highest BCUT2D eigenvalue weighted by Gasteiger charge is 2.26. The van der Waals surface area contributed by atoms with E-state index in [1.165, 1.54) is 12.1 Å². The van der Waals surface area contributed by atoms with Crippen LogP contribution in [0, 0.1) is 5.92 Å². The van der Waals surface area contributed by atoms with Gasteiger partial charge in [0.25, 0.3) is 15.9 Å². The largest absolute Gasteiger partial charge is 0.438 e. The summed E-state index contributed by atoms with van der Waals surface area (Å²) in [5, 5.41) is 5.58. The van der Waals surface area contributed by atoms with E-state index in [-0.39, 0.29) is 10.9 Å². The van der Waals surface area contributed by atoms with Gasteiger partial charge >= 0.3 is 0 Å². The molecule has 21 heavy (non-hydrogen) atoms. The quantitative estimate of drug-likeness (QED) is 0.726. The van der Waals surface area contributed by atoms with Crippen molar-refractivity contribution in [2.45, 2.75) is 31.4 Å². The topological polar surface area (TPSA) is 100 Å². The lowest BCUT2D eigenvalue weighted by molar-refractivity contribution is 0.0909. The molecule has 0 aromatic carbocycles. The van der Waals surface area contributed by atoms with Crippen molar-refractivity contribution in [3.8, 4) is 0 Å². The second-order valence-electron chi connectivity index (χ2n) is 6.21. The summed E-state index contributed by atoms with van der Waals surface area (Å²) in [5.41, 5.74) is -0.620. The van der Waals surface area contributed by atoms with E-state index in [9.17, 15) is 13.2 Å². The summed E-state index contributed by atoms with van der Waals surface area (Å²) in [7, 11) is -3.76. The molecule has 7 nitrogen and oxygen atoms in total. The van der Waals surface area contributed by atoms with Crippen molar-refractivity contribution in [2.75, 3.05) is 19.6 Å². The van der Waals surface area contributed by atoms with Crippen LogP contribution in [0.1, 0.15) is 31.3 Å². The summed E-state index contributed by atoms with van der Waals surface area (Å²) in [5.74, 6) is 0.0188. The van der Waals surface area contributed by atoms with Crippen LogP contribution in [0.15, 0.2) is 21.6 Å². The van der Waals surface area contributed by atoms with Gasteiger partial charge in [-0.3, -0.25) is 4.79 Å². The van der Waals surface area contributed by atoms with Crippen LogP contribution in [0.3, 0.4) is 0 Å². The number of hydrogen-bond donors (Lipinski definition) is 3. The molecular weight excluding hydrogens is 294 g/mol. The molecule has 1 saturated heterocycles. The van der Waals surface area contributed by atoms with Crippen molar-refractivity contribution in [3.63, 3.8) is 0 Å². The molecule has 0 radical (unpaired) electrons. The third kappa shape index (κ3) is 4.29. The van der Waals surface area contributed by atoms with Crippen LogP contribution in [0.25, 0.3) is 0 Å². The smallest absolute Gasteiger partial charge is 0.287 e. The Morgan fingerprint density at radius 2 is 2.05 bits per heavy atom. The van der Waals surface area contributed by atoms with Crippen molar-refractivity contribution in [1.82, 2.24) is 15.4 Å². The Morgan fingerprint density at radius 1 is 1.38 bits per heavy atom. The molecule has 0 atom stereocenters. The molecule has 2 rings (SSSR count). The van der Waals surface area contributed by atoms with Gasteiger partial charge in [-0.05, 0) is 32.9 Å². The Balaban J connectivity index is 2.01. The fraction of sp³-hybridized carbons (Fsp3) is 0.615. The minimum absolute atomic E-state index is 0.00318. The van der Waals surface area contributed by atoms with Gasteiger partial charge in [0.05, 0.1) is 0 Å². The maximum Gasteiger partial charge on any atom is 0.287 e. The summed E-state index contributed by atoms with van der Waals surface area (Å²) < 4.78 is 31.8. The van der Waals surface area contributed by atoms with Crippen LogP contribution in [-0.4, -0.2) is 39.5 Å². The molecule has 1 aliphatic heterocycles. The number of furan rings is 1. The average Bonchev–Trinajstić information content (AvgIpc) is 2.72. The molecule has 1 amide bonds. The summed E-state index contributed by atoms with van der Waals surface area (Å²) in [6.07, 6.45) is 0. The van der Waals surface area contributed by atoms with Gasteiger partial charge in [-0.2, -0.15) is 0 Å². The minimum atomic E-state index is -3.76. The molecule has 0 unspecified atom stereocenters. The Labute approximate surface area is 124 Å². The highest BCUT2D eigenvalue weighted by Crippen LogP contribution is 2.16. The Bertz CT molecular complexity index is 612. The van der Waals surface area contributed by atoms with Crippen LogP contribution in [0.4, 0.5) is 0 Å². The van der Waals surface area contributed by atoms with E-state index in [2.05, 4.69) is 15.4 Å². The number of carbonyl (C=O) groups excluding carboxylic acids is 1. The van der Waals surface area contributed by atoms with Crippen LogP contribution in [0.5, 0.6) is 0 Å².